The molecular weight excluding hydrogens is 406 g/mol. The van der Waals surface area contributed by atoms with Crippen molar-refractivity contribution in [3.63, 3.8) is 0 Å². The first kappa shape index (κ1) is 20.3. The Morgan fingerprint density at radius 3 is 2.56 bits per heavy atom. The number of nitrogens with one attached hydrogen (secondary N) is 1. The van der Waals surface area contributed by atoms with E-state index in [0.717, 1.165) is 29.1 Å². The predicted molar refractivity (Wildman–Crippen MR) is 122 cm³/mol. The minimum atomic E-state index is -0.406. The number of carbonyl (C=O) groups is 1. The lowest BCUT2D eigenvalue weighted by Gasteiger charge is -2.39. The van der Waals surface area contributed by atoms with Crippen LogP contribution in [0, 0.1) is 0 Å². The van der Waals surface area contributed by atoms with E-state index in [4.69, 9.17) is 9.72 Å². The van der Waals surface area contributed by atoms with Crippen molar-refractivity contribution < 1.29 is 14.6 Å². The Kier molecular flexibility index (Phi) is 5.36. The van der Waals surface area contributed by atoms with Crippen molar-refractivity contribution in [1.82, 2.24) is 9.97 Å². The largest absolute Gasteiger partial charge is 0.497 e. The molecule has 8 heteroatoms. The maximum absolute atomic E-state index is 13.7. The summed E-state index contributed by atoms with van der Waals surface area (Å²) >= 11 is 0. The van der Waals surface area contributed by atoms with Gasteiger partial charge in [0.15, 0.2) is 0 Å². The van der Waals surface area contributed by atoms with E-state index < -0.39 is 6.10 Å². The number of amides is 2. The lowest BCUT2D eigenvalue weighted by molar-refractivity contribution is 0.181. The van der Waals surface area contributed by atoms with E-state index in [0.29, 0.717) is 31.2 Å². The summed E-state index contributed by atoms with van der Waals surface area (Å²) < 4.78 is 5.25. The number of benzene rings is 2. The number of hydrogen-bond donors (Lipinski definition) is 2. The number of methoxy groups -OCH3 is 1. The van der Waals surface area contributed by atoms with E-state index >= 15 is 0 Å². The zero-order chi connectivity index (χ0) is 22.1. The molecule has 0 unspecified atom stereocenters. The second-order valence-corrected chi connectivity index (χ2v) is 8.09. The van der Waals surface area contributed by atoms with E-state index in [-0.39, 0.29) is 12.1 Å². The van der Waals surface area contributed by atoms with Crippen LogP contribution in [0.2, 0.25) is 0 Å². The molecule has 1 aliphatic heterocycles. The number of para-hydroxylation sites is 1. The highest BCUT2D eigenvalue weighted by molar-refractivity contribution is 6.06. The van der Waals surface area contributed by atoms with Crippen molar-refractivity contribution in [2.45, 2.75) is 38.0 Å². The molecule has 2 amide bonds. The fourth-order valence-electron chi connectivity index (χ4n) is 4.35. The molecule has 2 N–H and O–H groups in total. The van der Waals surface area contributed by atoms with Gasteiger partial charge in [-0.2, -0.15) is 4.98 Å². The van der Waals surface area contributed by atoms with Crippen molar-refractivity contribution in [3.8, 4) is 5.75 Å². The number of aliphatic hydroxyl groups is 1. The maximum atomic E-state index is 13.7. The number of ether oxygens (including phenoxy) is 1. The van der Waals surface area contributed by atoms with Crippen LogP contribution in [0.3, 0.4) is 0 Å². The van der Waals surface area contributed by atoms with Gasteiger partial charge in [-0.3, -0.25) is 9.80 Å². The normalized spacial score (nSPS) is 20.2. The average molecular weight is 431 g/mol. The van der Waals surface area contributed by atoms with Gasteiger partial charge in [0.2, 0.25) is 5.95 Å². The molecule has 164 valence electrons. The van der Waals surface area contributed by atoms with Gasteiger partial charge in [-0.05, 0) is 55.7 Å². The molecule has 2 aromatic carbocycles. The van der Waals surface area contributed by atoms with E-state index in [1.807, 2.05) is 54.6 Å². The third-order valence-corrected chi connectivity index (χ3v) is 5.99. The third-order valence-electron chi connectivity index (χ3n) is 5.99. The Balaban J connectivity index is 1.51. The molecule has 0 bridgehead atoms. The van der Waals surface area contributed by atoms with Crippen LogP contribution in [0.15, 0.2) is 60.8 Å². The Labute approximate surface area is 186 Å². The topological polar surface area (TPSA) is 90.8 Å². The summed E-state index contributed by atoms with van der Waals surface area (Å²) in [5.74, 6) is 1.77. The molecule has 1 saturated carbocycles. The first-order chi connectivity index (χ1) is 15.6. The highest BCUT2D eigenvalue weighted by Gasteiger charge is 2.40. The molecule has 2 heterocycles. The van der Waals surface area contributed by atoms with Gasteiger partial charge >= 0.3 is 6.03 Å². The molecule has 2 atom stereocenters. The van der Waals surface area contributed by atoms with Crippen molar-refractivity contribution >= 4 is 29.2 Å². The lowest BCUT2D eigenvalue weighted by atomic mass is 10.1. The van der Waals surface area contributed by atoms with E-state index in [2.05, 4.69) is 10.3 Å². The van der Waals surface area contributed by atoms with Crippen molar-refractivity contribution in [1.29, 1.82) is 0 Å². The molecule has 1 fully saturated rings. The minimum absolute atomic E-state index is 0.114. The van der Waals surface area contributed by atoms with Crippen LogP contribution in [0.4, 0.5) is 27.9 Å². The molecule has 2 aliphatic rings. The quantitative estimate of drug-likeness (QED) is 0.632. The molecule has 8 nitrogen and oxygen atoms in total. The first-order valence-corrected chi connectivity index (χ1v) is 10.7. The second kappa shape index (κ2) is 8.47. The second-order valence-electron chi connectivity index (χ2n) is 8.09. The SMILES string of the molecule is COc1ccc(N2Cc3cnc(Nc4ccccc4)nc3N([C@H]3CC[C@H](O)C3)C2=O)cc1. The lowest BCUT2D eigenvalue weighted by Crippen LogP contribution is -2.52. The van der Waals surface area contributed by atoms with E-state index in [1.165, 1.54) is 0 Å². The Morgan fingerprint density at radius 1 is 1.09 bits per heavy atom. The molecular formula is C24H25N5O3. The summed E-state index contributed by atoms with van der Waals surface area (Å²) in [6, 6.07) is 16.8. The molecule has 0 spiro atoms. The molecule has 0 radical (unpaired) electrons. The van der Waals surface area contributed by atoms with Crippen LogP contribution < -0.4 is 19.9 Å². The van der Waals surface area contributed by atoms with Crippen molar-refractivity contribution in [3.05, 3.63) is 66.4 Å². The van der Waals surface area contributed by atoms with Gasteiger partial charge in [-0.1, -0.05) is 18.2 Å². The number of carbonyl (C=O) groups excluding carboxylic acids is 1. The summed E-state index contributed by atoms with van der Waals surface area (Å²) in [5, 5.41) is 13.4. The third kappa shape index (κ3) is 3.85. The monoisotopic (exact) mass is 431 g/mol. The van der Waals surface area contributed by atoms with Gasteiger partial charge < -0.3 is 15.2 Å². The first-order valence-electron chi connectivity index (χ1n) is 10.7. The smallest absolute Gasteiger partial charge is 0.330 e. The minimum Gasteiger partial charge on any atom is -0.497 e. The Hall–Kier alpha value is -3.65. The highest BCUT2D eigenvalue weighted by Crippen LogP contribution is 2.37. The van der Waals surface area contributed by atoms with Gasteiger partial charge in [0.05, 0.1) is 19.8 Å². The molecule has 1 aliphatic carbocycles. The van der Waals surface area contributed by atoms with Crippen LogP contribution >= 0.6 is 0 Å². The van der Waals surface area contributed by atoms with Crippen LogP contribution in [-0.2, 0) is 6.54 Å². The molecule has 1 aromatic heterocycles. The van der Waals surface area contributed by atoms with Gasteiger partial charge in [0.25, 0.3) is 0 Å². The molecule has 0 saturated heterocycles. The van der Waals surface area contributed by atoms with Crippen LogP contribution in [0.25, 0.3) is 0 Å². The number of nitrogens with zero attached hydrogens (tertiary/aromatic N) is 4. The Bertz CT molecular complexity index is 1110. The fraction of sp³-hybridized carbons (Fsp3) is 0.292. The van der Waals surface area contributed by atoms with Crippen LogP contribution in [-0.4, -0.2) is 40.4 Å². The molecule has 5 rings (SSSR count). The van der Waals surface area contributed by atoms with E-state index in [9.17, 15) is 9.90 Å². The average Bonchev–Trinajstić information content (AvgIpc) is 3.25. The summed E-state index contributed by atoms with van der Waals surface area (Å²) in [6.45, 7) is 0.373. The van der Waals surface area contributed by atoms with Crippen LogP contribution in [0.1, 0.15) is 24.8 Å². The summed E-state index contributed by atoms with van der Waals surface area (Å²) in [4.78, 5) is 26.3. The summed E-state index contributed by atoms with van der Waals surface area (Å²) in [6.07, 6.45) is 3.30. The number of anilines is 4. The van der Waals surface area contributed by atoms with Gasteiger partial charge in [-0.15, -0.1) is 0 Å². The summed E-state index contributed by atoms with van der Waals surface area (Å²) in [5.41, 5.74) is 2.51. The highest BCUT2D eigenvalue weighted by atomic mass is 16.5. The number of hydrogen-bond acceptors (Lipinski definition) is 6. The van der Waals surface area contributed by atoms with Crippen molar-refractivity contribution in [2.24, 2.45) is 0 Å². The zero-order valence-corrected chi connectivity index (χ0v) is 17.8. The van der Waals surface area contributed by atoms with Gasteiger partial charge in [-0.25, -0.2) is 9.78 Å². The maximum Gasteiger partial charge on any atom is 0.330 e. The van der Waals surface area contributed by atoms with Crippen molar-refractivity contribution in [2.75, 3.05) is 22.2 Å². The number of rotatable bonds is 5. The Morgan fingerprint density at radius 2 is 1.88 bits per heavy atom. The number of fused-ring (bicyclic) bond motifs is 1. The van der Waals surface area contributed by atoms with Gasteiger partial charge in [0, 0.05) is 29.2 Å². The van der Waals surface area contributed by atoms with E-state index in [1.54, 1.807) is 23.1 Å². The summed E-state index contributed by atoms with van der Waals surface area (Å²) in [7, 11) is 1.61. The fourth-order valence-corrected chi connectivity index (χ4v) is 4.35. The molecule has 3 aromatic rings. The number of aromatic nitrogens is 2. The van der Waals surface area contributed by atoms with Crippen LogP contribution in [0.5, 0.6) is 5.75 Å². The predicted octanol–water partition coefficient (Wildman–Crippen LogP) is 4.09. The number of aliphatic hydroxyl groups excluding tert-OH is 1. The number of urea groups is 1. The van der Waals surface area contributed by atoms with Gasteiger partial charge in [0.1, 0.15) is 11.6 Å². The standard InChI is InChI=1S/C24H25N5O3/c1-32-21-11-8-18(9-12-21)28-15-16-14-25-23(26-17-5-3-2-4-6-17)27-22(16)29(24(28)31)19-7-10-20(30)13-19/h2-6,8-9,11-12,14,19-20,30H,7,10,13,15H2,1H3,(H,25,26,27)/t19-,20-/m0/s1. The molecule has 32 heavy (non-hydrogen) atoms. The zero-order valence-electron chi connectivity index (χ0n) is 17.8.